The highest BCUT2D eigenvalue weighted by Gasteiger charge is 2.28. The van der Waals surface area contributed by atoms with Crippen LogP contribution < -0.4 is 10.2 Å². The maximum absolute atomic E-state index is 12.6. The molecule has 2 N–H and O–H groups in total. The summed E-state index contributed by atoms with van der Waals surface area (Å²) in [6, 6.07) is 0. The van der Waals surface area contributed by atoms with E-state index in [9.17, 15) is 4.79 Å². The molecule has 0 spiro atoms. The van der Waals surface area contributed by atoms with E-state index >= 15 is 0 Å². The highest BCUT2D eigenvalue weighted by atomic mass is 35.5. The first-order chi connectivity index (χ1) is 13.1. The van der Waals surface area contributed by atoms with Gasteiger partial charge in [0.1, 0.15) is 5.52 Å². The van der Waals surface area contributed by atoms with Gasteiger partial charge in [0.15, 0.2) is 11.5 Å². The summed E-state index contributed by atoms with van der Waals surface area (Å²) in [6.45, 7) is 9.62. The van der Waals surface area contributed by atoms with E-state index in [4.69, 9.17) is 11.6 Å². The Balaban J connectivity index is 1.57. The van der Waals surface area contributed by atoms with Crippen molar-refractivity contribution in [3.63, 3.8) is 0 Å². The third-order valence-corrected chi connectivity index (χ3v) is 5.34. The Morgan fingerprint density at radius 3 is 3.00 bits per heavy atom. The van der Waals surface area contributed by atoms with Gasteiger partial charge in [-0.2, -0.15) is 9.97 Å². The minimum Gasteiger partial charge on any atom is -0.356 e. The smallest absolute Gasteiger partial charge is 0.226 e. The number of aromatic nitrogens is 4. The van der Waals surface area contributed by atoms with Crippen molar-refractivity contribution in [3.05, 3.63) is 11.6 Å². The molecule has 0 aliphatic carbocycles. The lowest BCUT2D eigenvalue weighted by Gasteiger charge is -2.33. The monoisotopic (exact) mass is 393 g/mol. The predicted octanol–water partition coefficient (Wildman–Crippen LogP) is 2.07. The minimum absolute atomic E-state index is 0.0427. The van der Waals surface area contributed by atoms with E-state index in [0.29, 0.717) is 12.2 Å². The number of carbonyl (C=O) groups is 1. The molecule has 1 fully saturated rings. The fraction of sp³-hybridized carbons (Fsp3) is 0.667. The fourth-order valence-electron chi connectivity index (χ4n) is 3.60. The standard InChI is InChI=1S/C18H28ClN7O/c1-3-25(4-2)9-6-8-20-17(27)13-7-5-10-26(11-13)16-14-15(22-12-21-14)23-18(19)24-16/h12-13H,3-11H2,1-2H3,(H,20,27)(H,21,22,23,24)/t13-/m1/s1. The molecule has 0 saturated carbocycles. The molecule has 3 rings (SSSR count). The van der Waals surface area contributed by atoms with Crippen molar-refractivity contribution in [1.82, 2.24) is 30.2 Å². The molecular weight excluding hydrogens is 366 g/mol. The Bertz CT molecular complexity index is 761. The Kier molecular flexibility index (Phi) is 6.84. The van der Waals surface area contributed by atoms with Gasteiger partial charge in [-0.25, -0.2) is 4.98 Å². The summed E-state index contributed by atoms with van der Waals surface area (Å²) in [7, 11) is 0. The first-order valence-corrected chi connectivity index (χ1v) is 10.1. The quantitative estimate of drug-likeness (QED) is 0.527. The first-order valence-electron chi connectivity index (χ1n) is 9.74. The second kappa shape index (κ2) is 9.32. The lowest BCUT2D eigenvalue weighted by atomic mass is 9.97. The zero-order valence-electron chi connectivity index (χ0n) is 16.0. The molecule has 0 aromatic carbocycles. The number of carbonyl (C=O) groups excluding carboxylic acids is 1. The van der Waals surface area contributed by atoms with Crippen LogP contribution in [0.15, 0.2) is 6.33 Å². The van der Waals surface area contributed by atoms with Gasteiger partial charge in [-0.15, -0.1) is 0 Å². The van der Waals surface area contributed by atoms with Gasteiger partial charge in [0.2, 0.25) is 11.2 Å². The van der Waals surface area contributed by atoms with Gasteiger partial charge in [0.25, 0.3) is 0 Å². The maximum atomic E-state index is 12.6. The Hall–Kier alpha value is -1.93. The normalized spacial score (nSPS) is 17.6. The van der Waals surface area contributed by atoms with E-state index in [0.717, 1.165) is 63.3 Å². The molecule has 1 atom stereocenters. The number of piperidine rings is 1. The van der Waals surface area contributed by atoms with Gasteiger partial charge in [-0.1, -0.05) is 13.8 Å². The van der Waals surface area contributed by atoms with Crippen LogP contribution in [-0.2, 0) is 4.79 Å². The highest BCUT2D eigenvalue weighted by Crippen LogP contribution is 2.27. The zero-order chi connectivity index (χ0) is 19.2. The average molecular weight is 394 g/mol. The SMILES string of the molecule is CCN(CC)CCCNC(=O)[C@@H]1CCCN(c2nc(Cl)nc3nc[nH]c23)C1. The molecule has 3 heterocycles. The largest absolute Gasteiger partial charge is 0.356 e. The summed E-state index contributed by atoms with van der Waals surface area (Å²) in [5.74, 6) is 0.806. The van der Waals surface area contributed by atoms with Crippen LogP contribution in [0.4, 0.5) is 5.82 Å². The number of halogens is 1. The van der Waals surface area contributed by atoms with Crippen LogP contribution in [0.5, 0.6) is 0 Å². The van der Waals surface area contributed by atoms with Crippen LogP contribution >= 0.6 is 11.6 Å². The number of aromatic amines is 1. The number of nitrogens with zero attached hydrogens (tertiary/aromatic N) is 5. The van der Waals surface area contributed by atoms with Crippen LogP contribution in [0.1, 0.15) is 33.1 Å². The van der Waals surface area contributed by atoms with Crippen LogP contribution in [0.3, 0.4) is 0 Å². The van der Waals surface area contributed by atoms with Gasteiger partial charge in [-0.05, 0) is 50.5 Å². The summed E-state index contributed by atoms with van der Waals surface area (Å²) in [4.78, 5) is 32.8. The second-order valence-corrected chi connectivity index (χ2v) is 7.21. The molecule has 8 nitrogen and oxygen atoms in total. The third-order valence-electron chi connectivity index (χ3n) is 5.18. The molecule has 0 unspecified atom stereocenters. The van der Waals surface area contributed by atoms with Gasteiger partial charge in [0.05, 0.1) is 12.2 Å². The third kappa shape index (κ3) is 4.87. The molecule has 27 heavy (non-hydrogen) atoms. The number of nitrogens with one attached hydrogen (secondary N) is 2. The van der Waals surface area contributed by atoms with E-state index in [1.165, 1.54) is 0 Å². The molecule has 1 aliphatic heterocycles. The summed E-state index contributed by atoms with van der Waals surface area (Å²) < 4.78 is 0. The number of fused-ring (bicyclic) bond motifs is 1. The number of rotatable bonds is 8. The minimum atomic E-state index is -0.0427. The van der Waals surface area contributed by atoms with Gasteiger partial charge in [-0.3, -0.25) is 4.79 Å². The molecule has 0 bridgehead atoms. The molecule has 1 aliphatic rings. The fourth-order valence-corrected chi connectivity index (χ4v) is 3.76. The first kappa shape index (κ1) is 19.8. The number of imidazole rings is 1. The lowest BCUT2D eigenvalue weighted by Crippen LogP contribution is -2.44. The Morgan fingerprint density at radius 2 is 2.22 bits per heavy atom. The topological polar surface area (TPSA) is 90.0 Å². The lowest BCUT2D eigenvalue weighted by molar-refractivity contribution is -0.125. The highest BCUT2D eigenvalue weighted by molar-refractivity contribution is 6.28. The summed E-state index contributed by atoms with van der Waals surface area (Å²) in [6.07, 6.45) is 4.39. The molecule has 2 aromatic heterocycles. The van der Waals surface area contributed by atoms with Crippen molar-refractivity contribution in [1.29, 1.82) is 0 Å². The summed E-state index contributed by atoms with van der Waals surface area (Å²) in [5, 5.41) is 3.27. The van der Waals surface area contributed by atoms with Crippen molar-refractivity contribution in [2.24, 2.45) is 5.92 Å². The number of anilines is 1. The van der Waals surface area contributed by atoms with Gasteiger partial charge in [0, 0.05) is 19.6 Å². The molecule has 148 valence electrons. The van der Waals surface area contributed by atoms with E-state index in [1.807, 2.05) is 0 Å². The van der Waals surface area contributed by atoms with Gasteiger partial charge < -0.3 is 20.1 Å². The molecule has 2 aromatic rings. The predicted molar refractivity (Wildman–Crippen MR) is 107 cm³/mol. The van der Waals surface area contributed by atoms with Crippen molar-refractivity contribution >= 4 is 34.5 Å². The van der Waals surface area contributed by atoms with E-state index in [1.54, 1.807) is 6.33 Å². The molecule has 1 amide bonds. The average Bonchev–Trinajstić information content (AvgIpc) is 3.15. The van der Waals surface area contributed by atoms with Gasteiger partial charge >= 0.3 is 0 Å². The van der Waals surface area contributed by atoms with Crippen LogP contribution in [-0.4, -0.2) is 70.0 Å². The molecule has 0 radical (unpaired) electrons. The number of hydrogen-bond acceptors (Lipinski definition) is 6. The summed E-state index contributed by atoms with van der Waals surface area (Å²) >= 11 is 6.05. The Morgan fingerprint density at radius 1 is 1.41 bits per heavy atom. The van der Waals surface area contributed by atoms with Crippen molar-refractivity contribution in [3.8, 4) is 0 Å². The van der Waals surface area contributed by atoms with Crippen LogP contribution in [0.25, 0.3) is 11.2 Å². The summed E-state index contributed by atoms with van der Waals surface area (Å²) in [5.41, 5.74) is 1.31. The van der Waals surface area contributed by atoms with Crippen molar-refractivity contribution < 1.29 is 4.79 Å². The molecular formula is C18H28ClN7O. The second-order valence-electron chi connectivity index (χ2n) is 6.87. The molecule has 9 heteroatoms. The van der Waals surface area contributed by atoms with Crippen LogP contribution in [0, 0.1) is 5.92 Å². The zero-order valence-corrected chi connectivity index (χ0v) is 16.8. The molecule has 1 saturated heterocycles. The number of amides is 1. The van der Waals surface area contributed by atoms with E-state index in [2.05, 4.69) is 48.9 Å². The van der Waals surface area contributed by atoms with E-state index in [-0.39, 0.29) is 17.1 Å². The number of H-pyrrole nitrogens is 1. The van der Waals surface area contributed by atoms with E-state index < -0.39 is 0 Å². The Labute approximate surface area is 164 Å². The van der Waals surface area contributed by atoms with Crippen molar-refractivity contribution in [2.45, 2.75) is 33.1 Å². The maximum Gasteiger partial charge on any atom is 0.226 e. The van der Waals surface area contributed by atoms with Crippen LogP contribution in [0.2, 0.25) is 5.28 Å². The number of hydrogen-bond donors (Lipinski definition) is 2. The van der Waals surface area contributed by atoms with Crippen molar-refractivity contribution in [2.75, 3.05) is 44.2 Å².